The van der Waals surface area contributed by atoms with Crippen LogP contribution in [0.3, 0.4) is 0 Å². The highest BCUT2D eigenvalue weighted by molar-refractivity contribution is 7.71. The maximum absolute atomic E-state index is 14.6. The number of hydrogen-bond acceptors (Lipinski definition) is 2. The Kier molecular flexibility index (Phi) is 5.71. The molecule has 0 radical (unpaired) electrons. The third kappa shape index (κ3) is 3.93. The van der Waals surface area contributed by atoms with E-state index in [2.05, 4.69) is 0 Å². The number of rotatable bonds is 6. The molecule has 0 unspecified atom stereocenters. The first-order chi connectivity index (χ1) is 12.9. The van der Waals surface area contributed by atoms with Crippen LogP contribution in [0.2, 0.25) is 0 Å². The van der Waals surface area contributed by atoms with Crippen molar-refractivity contribution in [2.45, 2.75) is 20.3 Å². The molecule has 2 aromatic rings. The molecule has 5 nitrogen and oxygen atoms in total. The van der Waals surface area contributed by atoms with Crippen LogP contribution in [0.4, 0.5) is 11.4 Å². The summed E-state index contributed by atoms with van der Waals surface area (Å²) in [7, 11) is -3.31. The molecule has 0 saturated carbocycles. The summed E-state index contributed by atoms with van der Waals surface area (Å²) in [5.41, 5.74) is 1.69. The van der Waals surface area contributed by atoms with Gasteiger partial charge in [0.15, 0.2) is 0 Å². The van der Waals surface area contributed by atoms with Gasteiger partial charge in [0.2, 0.25) is 0 Å². The molecule has 6 heteroatoms. The van der Waals surface area contributed by atoms with E-state index >= 15 is 0 Å². The normalized spacial score (nSPS) is 16.8. The second-order valence-corrected chi connectivity index (χ2v) is 9.56. The fourth-order valence-electron chi connectivity index (χ4n) is 3.47. The molecule has 142 valence electrons. The number of carbonyl (C=O) groups is 1. The quantitative estimate of drug-likeness (QED) is 0.692. The number of nitrogens with zero attached hydrogens (tertiary/aromatic N) is 2. The third-order valence-electron chi connectivity index (χ3n) is 4.52. The lowest BCUT2D eigenvalue weighted by Crippen LogP contribution is -2.21. The average Bonchev–Trinajstić information content (AvgIpc) is 3.00. The van der Waals surface area contributed by atoms with E-state index in [9.17, 15) is 14.5 Å². The van der Waals surface area contributed by atoms with Crippen LogP contribution in [0.15, 0.2) is 72.1 Å². The lowest BCUT2D eigenvalue weighted by molar-refractivity contribution is -0.136. The van der Waals surface area contributed by atoms with E-state index in [4.69, 9.17) is 0 Å². The maximum Gasteiger partial charge on any atom is 0.308 e. The van der Waals surface area contributed by atoms with Gasteiger partial charge in [-0.25, -0.2) is 0 Å². The Balaban J connectivity index is 2.16. The van der Waals surface area contributed by atoms with Crippen molar-refractivity contribution < 1.29 is 14.5 Å². The van der Waals surface area contributed by atoms with Gasteiger partial charge >= 0.3 is 5.97 Å². The van der Waals surface area contributed by atoms with E-state index in [1.54, 1.807) is 0 Å². The minimum absolute atomic E-state index is 0.0982. The Morgan fingerprint density at radius 3 is 1.81 bits per heavy atom. The molecule has 1 aliphatic heterocycles. The van der Waals surface area contributed by atoms with Gasteiger partial charge in [0.05, 0.1) is 6.42 Å². The molecule has 0 atom stereocenters. The van der Waals surface area contributed by atoms with Crippen LogP contribution in [0.25, 0.3) is 0 Å². The van der Waals surface area contributed by atoms with Gasteiger partial charge in [-0.05, 0) is 30.2 Å². The first-order valence-electron chi connectivity index (χ1n) is 9.12. The SMILES string of the molecule is CC(C)C=C(CC(=O)O)P1(=O)N(c2ccccc2)CCN1c1ccccc1. The van der Waals surface area contributed by atoms with Crippen LogP contribution >= 0.6 is 7.44 Å². The summed E-state index contributed by atoms with van der Waals surface area (Å²) in [5, 5.41) is 9.97. The summed E-state index contributed by atoms with van der Waals surface area (Å²) in [6.07, 6.45) is 1.62. The first kappa shape index (κ1) is 19.2. The van der Waals surface area contributed by atoms with Gasteiger partial charge in [-0.2, -0.15) is 0 Å². The van der Waals surface area contributed by atoms with Gasteiger partial charge < -0.3 is 14.4 Å². The second-order valence-electron chi connectivity index (χ2n) is 6.93. The molecular weight excluding hydrogens is 359 g/mol. The highest BCUT2D eigenvalue weighted by Gasteiger charge is 2.46. The van der Waals surface area contributed by atoms with E-state index in [0.717, 1.165) is 11.4 Å². The number of benzene rings is 2. The molecule has 1 saturated heterocycles. The highest BCUT2D eigenvalue weighted by Crippen LogP contribution is 2.66. The largest absolute Gasteiger partial charge is 0.481 e. The Labute approximate surface area is 160 Å². The average molecular weight is 384 g/mol. The Morgan fingerprint density at radius 1 is 1.00 bits per heavy atom. The minimum atomic E-state index is -3.31. The molecular formula is C21H25N2O3P. The van der Waals surface area contributed by atoms with E-state index in [1.165, 1.54) is 0 Å². The Hall–Kier alpha value is -2.52. The van der Waals surface area contributed by atoms with Crippen molar-refractivity contribution in [1.82, 2.24) is 0 Å². The summed E-state index contributed by atoms with van der Waals surface area (Å²) in [5.74, 6) is -0.869. The lowest BCUT2D eigenvalue weighted by atomic mass is 10.2. The van der Waals surface area contributed by atoms with Crippen molar-refractivity contribution in [3.8, 4) is 0 Å². The van der Waals surface area contributed by atoms with Crippen molar-refractivity contribution >= 4 is 24.8 Å². The molecule has 1 fully saturated rings. The van der Waals surface area contributed by atoms with Crippen molar-refractivity contribution in [2.75, 3.05) is 22.4 Å². The van der Waals surface area contributed by atoms with Crippen LogP contribution < -0.4 is 9.34 Å². The smallest absolute Gasteiger partial charge is 0.308 e. The van der Waals surface area contributed by atoms with Crippen LogP contribution in [-0.2, 0) is 9.36 Å². The molecule has 0 aromatic heterocycles. The topological polar surface area (TPSA) is 60.9 Å². The van der Waals surface area contributed by atoms with Crippen LogP contribution in [0, 0.1) is 5.92 Å². The number of allylic oxidation sites excluding steroid dienone is 1. The highest BCUT2D eigenvalue weighted by atomic mass is 31.2. The van der Waals surface area contributed by atoms with Crippen LogP contribution in [-0.4, -0.2) is 24.2 Å². The number of aliphatic carboxylic acids is 1. The lowest BCUT2D eigenvalue weighted by Gasteiger charge is -2.34. The van der Waals surface area contributed by atoms with Gasteiger partial charge in [0.1, 0.15) is 0 Å². The summed E-state index contributed by atoms with van der Waals surface area (Å²) in [6.45, 7) is 5.10. The minimum Gasteiger partial charge on any atom is -0.481 e. The summed E-state index contributed by atoms with van der Waals surface area (Å²) < 4.78 is 18.3. The summed E-state index contributed by atoms with van der Waals surface area (Å²) in [6, 6.07) is 19.2. The number of carboxylic acid groups (broad SMARTS) is 1. The van der Waals surface area contributed by atoms with E-state index in [0.29, 0.717) is 18.4 Å². The van der Waals surface area contributed by atoms with E-state index in [-0.39, 0.29) is 12.3 Å². The fraction of sp³-hybridized carbons (Fsp3) is 0.286. The number of carboxylic acids is 1. The zero-order chi connectivity index (χ0) is 19.4. The Morgan fingerprint density at radius 2 is 1.44 bits per heavy atom. The number of hydrogen-bond donors (Lipinski definition) is 1. The Bertz CT molecular complexity index is 814. The van der Waals surface area contributed by atoms with Crippen LogP contribution in [0.1, 0.15) is 20.3 Å². The molecule has 2 aromatic carbocycles. The second kappa shape index (κ2) is 8.01. The van der Waals surface area contributed by atoms with Gasteiger partial charge in [-0.15, -0.1) is 0 Å². The van der Waals surface area contributed by atoms with E-state index in [1.807, 2.05) is 89.9 Å². The number of anilines is 2. The van der Waals surface area contributed by atoms with Crippen molar-refractivity contribution in [3.05, 3.63) is 72.1 Å². The zero-order valence-corrected chi connectivity index (χ0v) is 16.5. The first-order valence-corrected chi connectivity index (χ1v) is 10.7. The predicted molar refractivity (Wildman–Crippen MR) is 110 cm³/mol. The molecule has 0 spiro atoms. The molecule has 0 bridgehead atoms. The molecule has 1 aliphatic rings. The number of para-hydroxylation sites is 2. The molecule has 27 heavy (non-hydrogen) atoms. The van der Waals surface area contributed by atoms with Gasteiger partial charge in [-0.3, -0.25) is 9.36 Å². The zero-order valence-electron chi connectivity index (χ0n) is 15.7. The fourth-order valence-corrected chi connectivity index (χ4v) is 6.80. The van der Waals surface area contributed by atoms with Crippen molar-refractivity contribution in [2.24, 2.45) is 5.92 Å². The molecule has 1 N–H and O–H groups in total. The maximum atomic E-state index is 14.6. The standard InChI is InChI=1S/C21H25N2O3P/c1-17(2)15-20(16-21(24)25)27(26)22(18-9-5-3-6-10-18)13-14-23(27)19-11-7-4-8-12-19/h3-12,15,17H,13-14,16H2,1-2H3,(H,24,25). The molecule has 0 aliphatic carbocycles. The third-order valence-corrected chi connectivity index (χ3v) is 7.75. The molecule has 0 amide bonds. The van der Waals surface area contributed by atoms with Gasteiger partial charge in [0, 0.05) is 29.8 Å². The molecule has 3 rings (SSSR count). The summed E-state index contributed by atoms with van der Waals surface area (Å²) >= 11 is 0. The van der Waals surface area contributed by atoms with E-state index < -0.39 is 13.4 Å². The van der Waals surface area contributed by atoms with Crippen molar-refractivity contribution in [3.63, 3.8) is 0 Å². The predicted octanol–water partition coefficient (Wildman–Crippen LogP) is 5.22. The van der Waals surface area contributed by atoms with Crippen molar-refractivity contribution in [1.29, 1.82) is 0 Å². The monoisotopic (exact) mass is 384 g/mol. The van der Waals surface area contributed by atoms with Gasteiger partial charge in [-0.1, -0.05) is 56.3 Å². The van der Waals surface area contributed by atoms with Gasteiger partial charge in [0.25, 0.3) is 7.44 Å². The van der Waals surface area contributed by atoms with Crippen LogP contribution in [0.5, 0.6) is 0 Å². The summed E-state index contributed by atoms with van der Waals surface area (Å²) in [4.78, 5) is 11.6. The molecule has 1 heterocycles.